The Labute approximate surface area is 143 Å². The fraction of sp³-hybridized carbons (Fsp3) is 0.400. The molecule has 0 aromatic heterocycles. The quantitative estimate of drug-likeness (QED) is 0.392. The van der Waals surface area contributed by atoms with E-state index in [0.717, 1.165) is 0 Å². The second-order valence-electron chi connectivity index (χ2n) is 4.77. The third-order valence-electron chi connectivity index (χ3n) is 2.93. The molecule has 0 heterocycles. The Balaban J connectivity index is 2.90. The maximum Gasteiger partial charge on any atom is 0.303 e. The van der Waals surface area contributed by atoms with Gasteiger partial charge < -0.3 is 9.84 Å². The molecular formula is C15H17Cl2NO5. The van der Waals surface area contributed by atoms with Gasteiger partial charge in [-0.2, -0.15) is 0 Å². The van der Waals surface area contributed by atoms with Gasteiger partial charge in [0.2, 0.25) is 5.70 Å². The van der Waals surface area contributed by atoms with Crippen molar-refractivity contribution in [2.45, 2.75) is 32.6 Å². The lowest BCUT2D eigenvalue weighted by atomic mass is 10.1. The van der Waals surface area contributed by atoms with E-state index in [1.165, 1.54) is 6.08 Å². The first kappa shape index (κ1) is 19.3. The van der Waals surface area contributed by atoms with Crippen LogP contribution in [0.5, 0.6) is 5.75 Å². The van der Waals surface area contributed by atoms with Crippen LogP contribution in [-0.2, 0) is 4.79 Å². The number of carboxylic acids is 1. The van der Waals surface area contributed by atoms with Crippen molar-refractivity contribution in [2.24, 2.45) is 0 Å². The van der Waals surface area contributed by atoms with E-state index in [1.54, 1.807) is 12.1 Å². The number of ether oxygens (including phenoxy) is 1. The van der Waals surface area contributed by atoms with Crippen LogP contribution in [0.1, 0.15) is 38.2 Å². The van der Waals surface area contributed by atoms with Gasteiger partial charge in [0, 0.05) is 24.5 Å². The molecule has 0 aliphatic carbocycles. The van der Waals surface area contributed by atoms with Crippen molar-refractivity contribution >= 4 is 35.2 Å². The van der Waals surface area contributed by atoms with Crippen LogP contribution in [0.4, 0.5) is 0 Å². The zero-order chi connectivity index (χ0) is 17.4. The number of carboxylic acid groups (broad SMARTS) is 1. The fourth-order valence-electron chi connectivity index (χ4n) is 1.83. The third-order valence-corrected chi connectivity index (χ3v) is 3.81. The molecule has 126 valence electrons. The number of hydrogen-bond donors (Lipinski definition) is 1. The summed E-state index contributed by atoms with van der Waals surface area (Å²) in [6.45, 7) is 2.04. The first-order chi connectivity index (χ1) is 10.9. The Kier molecular flexibility index (Phi) is 7.85. The number of benzene rings is 1. The molecule has 0 aliphatic heterocycles. The van der Waals surface area contributed by atoms with E-state index in [2.05, 4.69) is 0 Å². The van der Waals surface area contributed by atoms with Crippen LogP contribution in [0.15, 0.2) is 17.8 Å². The second kappa shape index (κ2) is 9.37. The second-order valence-corrected chi connectivity index (χ2v) is 5.53. The highest BCUT2D eigenvalue weighted by Gasteiger charge is 2.14. The lowest BCUT2D eigenvalue weighted by Gasteiger charge is -2.10. The van der Waals surface area contributed by atoms with E-state index >= 15 is 0 Å². The molecule has 0 bridgehead atoms. The van der Waals surface area contributed by atoms with E-state index in [4.69, 9.17) is 33.0 Å². The van der Waals surface area contributed by atoms with E-state index in [1.807, 2.05) is 6.92 Å². The molecule has 0 fully saturated rings. The van der Waals surface area contributed by atoms with E-state index in [-0.39, 0.29) is 28.8 Å². The Morgan fingerprint density at radius 2 is 2.04 bits per heavy atom. The van der Waals surface area contributed by atoms with Crippen LogP contribution in [0.2, 0.25) is 10.0 Å². The molecule has 1 aromatic rings. The molecule has 0 amide bonds. The van der Waals surface area contributed by atoms with Gasteiger partial charge in [0.15, 0.2) is 0 Å². The zero-order valence-corrected chi connectivity index (χ0v) is 14.1. The lowest BCUT2D eigenvalue weighted by molar-refractivity contribution is -0.426. The average molecular weight is 362 g/mol. The monoisotopic (exact) mass is 361 g/mol. The molecule has 0 atom stereocenters. The summed E-state index contributed by atoms with van der Waals surface area (Å²) in [5.74, 6) is -0.584. The third kappa shape index (κ3) is 6.08. The summed E-state index contributed by atoms with van der Waals surface area (Å²) in [6, 6.07) is 3.14. The number of nitro groups is 1. The van der Waals surface area contributed by atoms with Crippen LogP contribution in [0.3, 0.4) is 0 Å². The summed E-state index contributed by atoms with van der Waals surface area (Å²) in [7, 11) is 0. The van der Waals surface area contributed by atoms with Crippen molar-refractivity contribution < 1.29 is 19.6 Å². The summed E-state index contributed by atoms with van der Waals surface area (Å²) < 4.78 is 5.39. The molecule has 0 saturated heterocycles. The summed E-state index contributed by atoms with van der Waals surface area (Å²) >= 11 is 12.2. The Morgan fingerprint density at radius 3 is 2.61 bits per heavy atom. The molecule has 1 rings (SSSR count). The lowest BCUT2D eigenvalue weighted by Crippen LogP contribution is -2.02. The summed E-state index contributed by atoms with van der Waals surface area (Å²) in [4.78, 5) is 21.0. The van der Waals surface area contributed by atoms with Crippen molar-refractivity contribution in [2.75, 3.05) is 6.61 Å². The summed E-state index contributed by atoms with van der Waals surface area (Å²) in [6.07, 6.45) is 2.70. The van der Waals surface area contributed by atoms with Gasteiger partial charge >= 0.3 is 5.97 Å². The van der Waals surface area contributed by atoms with Crippen molar-refractivity contribution in [1.29, 1.82) is 0 Å². The molecular weight excluding hydrogens is 345 g/mol. The molecule has 6 nitrogen and oxygen atoms in total. The Hall–Kier alpha value is -1.79. The van der Waals surface area contributed by atoms with Crippen LogP contribution in [-0.4, -0.2) is 22.6 Å². The molecule has 0 saturated carbocycles. The van der Waals surface area contributed by atoms with E-state index < -0.39 is 10.9 Å². The van der Waals surface area contributed by atoms with Gasteiger partial charge in [0.1, 0.15) is 10.8 Å². The van der Waals surface area contributed by atoms with Gasteiger partial charge in [-0.15, -0.1) is 0 Å². The maximum atomic E-state index is 11.0. The van der Waals surface area contributed by atoms with Gasteiger partial charge in [0.05, 0.1) is 16.6 Å². The molecule has 0 aliphatic rings. The standard InChI is InChI=1S/C15H17Cl2NO5/c1-2-4-11(18(21)22)9-10-6-7-12(15(17)14(10)16)23-8-3-5-13(19)20/h6-7,9H,2-5,8H2,1H3,(H,19,20). The highest BCUT2D eigenvalue weighted by atomic mass is 35.5. The van der Waals surface area contributed by atoms with Crippen LogP contribution in [0.25, 0.3) is 6.08 Å². The van der Waals surface area contributed by atoms with E-state index in [0.29, 0.717) is 30.6 Å². The number of rotatable bonds is 9. The van der Waals surface area contributed by atoms with Crippen LogP contribution >= 0.6 is 23.2 Å². The minimum Gasteiger partial charge on any atom is -0.492 e. The first-order valence-electron chi connectivity index (χ1n) is 7.04. The predicted molar refractivity (Wildman–Crippen MR) is 88.7 cm³/mol. The van der Waals surface area contributed by atoms with Crippen molar-refractivity contribution in [3.05, 3.63) is 43.6 Å². The summed E-state index contributed by atoms with van der Waals surface area (Å²) in [5.41, 5.74) is 0.496. The molecule has 8 heteroatoms. The maximum absolute atomic E-state index is 11.0. The highest BCUT2D eigenvalue weighted by molar-refractivity contribution is 6.43. The Morgan fingerprint density at radius 1 is 1.35 bits per heavy atom. The molecule has 0 radical (unpaired) electrons. The van der Waals surface area contributed by atoms with Gasteiger partial charge in [-0.1, -0.05) is 30.1 Å². The predicted octanol–water partition coefficient (Wildman–Crippen LogP) is 4.65. The van der Waals surface area contributed by atoms with Crippen molar-refractivity contribution in [3.8, 4) is 5.75 Å². The topological polar surface area (TPSA) is 89.7 Å². The fourth-order valence-corrected chi connectivity index (χ4v) is 2.26. The number of aliphatic carboxylic acids is 1. The summed E-state index contributed by atoms with van der Waals surface area (Å²) in [5, 5.41) is 19.8. The molecule has 0 unspecified atom stereocenters. The van der Waals surface area contributed by atoms with Crippen molar-refractivity contribution in [3.63, 3.8) is 0 Å². The van der Waals surface area contributed by atoms with Crippen LogP contribution < -0.4 is 4.74 Å². The van der Waals surface area contributed by atoms with Gasteiger partial charge in [-0.3, -0.25) is 14.9 Å². The van der Waals surface area contributed by atoms with Gasteiger partial charge in [-0.05, 0) is 25.0 Å². The average Bonchev–Trinajstić information content (AvgIpc) is 2.49. The number of nitrogens with zero attached hydrogens (tertiary/aromatic N) is 1. The molecule has 0 spiro atoms. The highest BCUT2D eigenvalue weighted by Crippen LogP contribution is 2.36. The van der Waals surface area contributed by atoms with Gasteiger partial charge in [-0.25, -0.2) is 0 Å². The van der Waals surface area contributed by atoms with Gasteiger partial charge in [0.25, 0.3) is 0 Å². The smallest absolute Gasteiger partial charge is 0.303 e. The number of carbonyl (C=O) groups is 1. The minimum absolute atomic E-state index is 0.00458. The number of hydrogen-bond acceptors (Lipinski definition) is 4. The molecule has 1 aromatic carbocycles. The number of halogens is 2. The molecule has 23 heavy (non-hydrogen) atoms. The van der Waals surface area contributed by atoms with E-state index in [9.17, 15) is 14.9 Å². The first-order valence-corrected chi connectivity index (χ1v) is 7.80. The normalized spacial score (nSPS) is 11.3. The largest absolute Gasteiger partial charge is 0.492 e. The van der Waals surface area contributed by atoms with Crippen molar-refractivity contribution in [1.82, 2.24) is 0 Å². The minimum atomic E-state index is -0.901. The zero-order valence-electron chi connectivity index (χ0n) is 12.6. The Bertz CT molecular complexity index is 616. The molecule has 1 N–H and O–H groups in total. The SMILES string of the molecule is CCCC(=Cc1ccc(OCCCC(=O)O)c(Cl)c1Cl)[N+](=O)[O-]. The number of allylic oxidation sites excluding steroid dienone is 1. The van der Waals surface area contributed by atoms with Crippen LogP contribution in [0, 0.1) is 10.1 Å².